The fourth-order valence-electron chi connectivity index (χ4n) is 2.61. The third-order valence-corrected chi connectivity index (χ3v) is 4.69. The van der Waals surface area contributed by atoms with Gasteiger partial charge in [-0.05, 0) is 45.4 Å². The third kappa shape index (κ3) is 8.31. The Morgan fingerprint density at radius 2 is 1.96 bits per heavy atom. The minimum atomic E-state index is -0.0645. The summed E-state index contributed by atoms with van der Waals surface area (Å²) in [4.78, 5) is 18.8. The fraction of sp³-hybridized carbons (Fsp3) is 0.733. The van der Waals surface area contributed by atoms with Gasteiger partial charge in [0.25, 0.3) is 5.91 Å². The number of thiazole rings is 1. The molecule has 1 aliphatic heterocycles. The van der Waals surface area contributed by atoms with Crippen LogP contribution in [-0.4, -0.2) is 48.5 Å². The van der Waals surface area contributed by atoms with Crippen LogP contribution in [0.1, 0.15) is 47.6 Å². The Labute approximate surface area is 155 Å². The Hall–Kier alpha value is -0.400. The number of carbonyl (C=O) groups is 1. The second-order valence-electron chi connectivity index (χ2n) is 5.53. The molecular weight excluding hydrogens is 355 g/mol. The topological polar surface area (TPSA) is 71.2 Å². The molecule has 0 spiro atoms. The fourth-order valence-corrected chi connectivity index (χ4v) is 3.40. The number of carbonyl (C=O) groups excluding carboxylic acids is 1. The van der Waals surface area contributed by atoms with Gasteiger partial charge in [0.05, 0.1) is 5.01 Å². The van der Waals surface area contributed by atoms with Crippen molar-refractivity contribution in [2.45, 2.75) is 38.5 Å². The lowest BCUT2D eigenvalue weighted by Crippen LogP contribution is -2.30. The van der Waals surface area contributed by atoms with E-state index in [1.54, 1.807) is 0 Å². The number of aromatic nitrogens is 1. The van der Waals surface area contributed by atoms with Crippen molar-refractivity contribution in [2.75, 3.05) is 32.7 Å². The van der Waals surface area contributed by atoms with Crippen molar-refractivity contribution in [2.24, 2.45) is 5.73 Å². The largest absolute Gasteiger partial charge is 0.351 e. The van der Waals surface area contributed by atoms with Crippen molar-refractivity contribution in [3.05, 3.63) is 16.1 Å². The van der Waals surface area contributed by atoms with Crippen LogP contribution in [0.2, 0.25) is 0 Å². The summed E-state index contributed by atoms with van der Waals surface area (Å²) in [6.45, 7) is 4.80. The lowest BCUT2D eigenvalue weighted by Gasteiger charge is -2.19. The van der Waals surface area contributed by atoms with Crippen molar-refractivity contribution in [3.63, 3.8) is 0 Å². The van der Waals surface area contributed by atoms with E-state index in [0.717, 1.165) is 30.9 Å². The van der Waals surface area contributed by atoms with Gasteiger partial charge in [-0.1, -0.05) is 12.8 Å². The molecule has 23 heavy (non-hydrogen) atoms. The highest BCUT2D eigenvalue weighted by Crippen LogP contribution is 2.11. The van der Waals surface area contributed by atoms with E-state index in [1.807, 2.05) is 5.38 Å². The highest BCUT2D eigenvalue weighted by molar-refractivity contribution is 7.09. The summed E-state index contributed by atoms with van der Waals surface area (Å²) in [7, 11) is 0. The first-order valence-electron chi connectivity index (χ1n) is 7.94. The third-order valence-electron chi connectivity index (χ3n) is 3.78. The number of rotatable bonds is 7. The van der Waals surface area contributed by atoms with Crippen LogP contribution >= 0.6 is 36.2 Å². The van der Waals surface area contributed by atoms with Crippen molar-refractivity contribution >= 4 is 42.1 Å². The average Bonchev–Trinajstić information content (AvgIpc) is 2.80. The van der Waals surface area contributed by atoms with E-state index < -0.39 is 0 Å². The molecule has 1 amide bonds. The molecule has 0 aliphatic carbocycles. The molecule has 2 heterocycles. The molecule has 1 saturated heterocycles. The van der Waals surface area contributed by atoms with Crippen LogP contribution in [-0.2, 0) is 6.42 Å². The van der Waals surface area contributed by atoms with Gasteiger partial charge in [-0.25, -0.2) is 4.98 Å². The first-order chi connectivity index (χ1) is 10.3. The highest BCUT2D eigenvalue weighted by Gasteiger charge is 2.11. The molecule has 5 nitrogen and oxygen atoms in total. The summed E-state index contributed by atoms with van der Waals surface area (Å²) in [5, 5.41) is 5.71. The van der Waals surface area contributed by atoms with Crippen LogP contribution in [0.4, 0.5) is 0 Å². The summed E-state index contributed by atoms with van der Waals surface area (Å²) < 4.78 is 0. The van der Waals surface area contributed by atoms with E-state index in [1.165, 1.54) is 50.1 Å². The molecule has 134 valence electrons. The molecule has 3 N–H and O–H groups in total. The zero-order valence-electron chi connectivity index (χ0n) is 13.5. The predicted octanol–water partition coefficient (Wildman–Crippen LogP) is 2.48. The van der Waals surface area contributed by atoms with E-state index in [2.05, 4.69) is 15.2 Å². The Morgan fingerprint density at radius 1 is 1.26 bits per heavy atom. The summed E-state index contributed by atoms with van der Waals surface area (Å²) >= 11 is 1.51. The minimum Gasteiger partial charge on any atom is -0.351 e. The molecule has 0 radical (unpaired) electrons. The van der Waals surface area contributed by atoms with Gasteiger partial charge in [0.15, 0.2) is 0 Å². The lowest BCUT2D eigenvalue weighted by atomic mass is 10.2. The summed E-state index contributed by atoms with van der Waals surface area (Å²) in [6.07, 6.45) is 7.10. The number of hydrogen-bond donors (Lipinski definition) is 2. The molecule has 0 unspecified atom stereocenters. The molecule has 1 aromatic rings. The van der Waals surface area contributed by atoms with Crippen LogP contribution in [0.5, 0.6) is 0 Å². The molecule has 0 bridgehead atoms. The number of amides is 1. The van der Waals surface area contributed by atoms with Gasteiger partial charge in [-0.2, -0.15) is 0 Å². The second kappa shape index (κ2) is 13.0. The number of nitrogens with one attached hydrogen (secondary N) is 1. The van der Waals surface area contributed by atoms with E-state index in [-0.39, 0.29) is 30.7 Å². The SMILES string of the molecule is Cl.Cl.NCCc1nc(C(=O)NCCCN2CCCCCC2)cs1. The van der Waals surface area contributed by atoms with E-state index in [4.69, 9.17) is 5.73 Å². The van der Waals surface area contributed by atoms with Crippen LogP contribution in [0.3, 0.4) is 0 Å². The highest BCUT2D eigenvalue weighted by atomic mass is 35.5. The Balaban J connectivity index is 0.00000242. The van der Waals surface area contributed by atoms with Crippen molar-refractivity contribution in [3.8, 4) is 0 Å². The van der Waals surface area contributed by atoms with E-state index in [9.17, 15) is 4.79 Å². The van der Waals surface area contributed by atoms with Crippen molar-refractivity contribution < 1.29 is 4.79 Å². The van der Waals surface area contributed by atoms with Gasteiger partial charge in [0.1, 0.15) is 5.69 Å². The number of halogens is 2. The molecule has 0 saturated carbocycles. The lowest BCUT2D eigenvalue weighted by molar-refractivity contribution is 0.0947. The van der Waals surface area contributed by atoms with Gasteiger partial charge in [-0.3, -0.25) is 4.79 Å². The molecule has 1 fully saturated rings. The molecule has 1 aromatic heterocycles. The zero-order chi connectivity index (χ0) is 14.9. The molecule has 8 heteroatoms. The summed E-state index contributed by atoms with van der Waals surface area (Å²) in [6, 6.07) is 0. The molecule has 1 aliphatic rings. The molecule has 0 atom stereocenters. The maximum atomic E-state index is 12.0. The Morgan fingerprint density at radius 3 is 2.61 bits per heavy atom. The quantitative estimate of drug-likeness (QED) is 0.710. The second-order valence-corrected chi connectivity index (χ2v) is 6.47. The van der Waals surface area contributed by atoms with Crippen molar-refractivity contribution in [1.29, 1.82) is 0 Å². The standard InChI is InChI=1S/C15H26N4OS.2ClH/c16-7-6-14-18-13(12-21-14)15(20)17-8-5-11-19-9-3-1-2-4-10-19;;/h12H,1-11,16H2,(H,17,20);2*1H. The van der Waals surface area contributed by atoms with Crippen LogP contribution in [0, 0.1) is 0 Å². The predicted molar refractivity (Wildman–Crippen MR) is 101 cm³/mol. The number of likely N-dealkylation sites (tertiary alicyclic amines) is 1. The van der Waals surface area contributed by atoms with E-state index >= 15 is 0 Å². The first kappa shape index (κ1) is 22.6. The normalized spacial score (nSPS) is 15.2. The van der Waals surface area contributed by atoms with Crippen LogP contribution < -0.4 is 11.1 Å². The van der Waals surface area contributed by atoms with Gasteiger partial charge in [0, 0.05) is 18.3 Å². The minimum absolute atomic E-state index is 0. The van der Waals surface area contributed by atoms with Crippen molar-refractivity contribution in [1.82, 2.24) is 15.2 Å². The summed E-state index contributed by atoms with van der Waals surface area (Å²) in [5.41, 5.74) is 6.01. The Bertz CT molecular complexity index is 437. The van der Waals surface area contributed by atoms with Gasteiger partial charge >= 0.3 is 0 Å². The van der Waals surface area contributed by atoms with Crippen LogP contribution in [0.15, 0.2) is 5.38 Å². The monoisotopic (exact) mass is 382 g/mol. The maximum Gasteiger partial charge on any atom is 0.270 e. The Kier molecular flexibility index (Phi) is 12.7. The van der Waals surface area contributed by atoms with Gasteiger partial charge < -0.3 is 16.0 Å². The number of nitrogens with two attached hydrogens (primary N) is 1. The molecule has 2 rings (SSSR count). The van der Waals surface area contributed by atoms with Gasteiger partial charge in [-0.15, -0.1) is 36.2 Å². The summed E-state index contributed by atoms with van der Waals surface area (Å²) in [5.74, 6) is -0.0645. The maximum absolute atomic E-state index is 12.0. The first-order valence-corrected chi connectivity index (χ1v) is 8.82. The average molecular weight is 383 g/mol. The smallest absolute Gasteiger partial charge is 0.270 e. The van der Waals surface area contributed by atoms with Gasteiger partial charge in [0.2, 0.25) is 0 Å². The number of nitrogens with zero attached hydrogens (tertiary/aromatic N) is 2. The molecule has 0 aromatic carbocycles. The zero-order valence-corrected chi connectivity index (χ0v) is 15.9. The van der Waals surface area contributed by atoms with E-state index in [0.29, 0.717) is 12.2 Å². The molecular formula is C15H28Cl2N4OS. The van der Waals surface area contributed by atoms with Crippen LogP contribution in [0.25, 0.3) is 0 Å². The number of hydrogen-bond acceptors (Lipinski definition) is 5.